The molecule has 0 bridgehead atoms. The molecule has 0 aliphatic heterocycles. The number of aromatic nitrogens is 1. The molecule has 5 nitrogen and oxygen atoms in total. The van der Waals surface area contributed by atoms with Crippen LogP contribution >= 0.6 is 20.2 Å². The van der Waals surface area contributed by atoms with E-state index in [1.54, 1.807) is 12.1 Å². The normalized spacial score (nSPS) is 10.4. The van der Waals surface area contributed by atoms with Gasteiger partial charge in [0.25, 0.3) is 0 Å². The number of halogens is 2. The molecule has 0 fully saturated rings. The Morgan fingerprint density at radius 2 is 1.44 bits per heavy atom. The fraction of sp³-hybridized carbons (Fsp3) is 0.200. The third kappa shape index (κ3) is 9.13. The van der Waals surface area contributed by atoms with Crippen LogP contribution in [-0.2, 0) is 22.7 Å². The second-order valence-corrected chi connectivity index (χ2v) is 4.72. The van der Waals surface area contributed by atoms with Crippen LogP contribution in [0.2, 0.25) is 0 Å². The van der Waals surface area contributed by atoms with Crippen molar-refractivity contribution in [1.82, 2.24) is 4.98 Å². The quantitative estimate of drug-likeness (QED) is 0.614. The number of aliphatic imine (C=N–C) groups is 2. The molecule has 1 heterocycles. The van der Waals surface area contributed by atoms with Gasteiger partial charge in [0.1, 0.15) is 0 Å². The maximum atomic E-state index is 10.5. The molecule has 0 saturated heterocycles. The van der Waals surface area contributed by atoms with Crippen LogP contribution in [0.5, 0.6) is 0 Å². The molecule has 0 N–H and O–H groups in total. The number of nitrogens with zero attached hydrogens (tertiary/aromatic N) is 3. The summed E-state index contributed by atoms with van der Waals surface area (Å²) in [5.41, 5.74) is 1.13. The van der Waals surface area contributed by atoms with Gasteiger partial charge in [0.2, 0.25) is 11.8 Å². The van der Waals surface area contributed by atoms with Crippen molar-refractivity contribution in [1.29, 1.82) is 0 Å². The van der Waals surface area contributed by atoms with Gasteiger partial charge >= 0.3 is 33.3 Å². The zero-order chi connectivity index (χ0) is 14.0. The van der Waals surface area contributed by atoms with E-state index in [1.807, 2.05) is 0 Å². The first-order chi connectivity index (χ1) is 8.49. The van der Waals surface area contributed by atoms with Gasteiger partial charge in [-0.3, -0.25) is 9.59 Å². The van der Waals surface area contributed by atoms with Crippen molar-refractivity contribution in [2.45, 2.75) is 13.8 Å². The Labute approximate surface area is 119 Å². The summed E-state index contributed by atoms with van der Waals surface area (Å²) in [6.45, 7) is 2.72. The fourth-order valence-corrected chi connectivity index (χ4v) is 0.852. The Bertz CT molecular complexity index is 419. The minimum atomic E-state index is -0.281. The van der Waals surface area contributed by atoms with Gasteiger partial charge in [-0.15, -0.1) is 11.4 Å². The third-order valence-electron chi connectivity index (χ3n) is 1.44. The summed E-state index contributed by atoms with van der Waals surface area (Å²) in [5.74, 6) is -0.561. The van der Waals surface area contributed by atoms with Gasteiger partial charge in [-0.05, 0) is 0 Å². The van der Waals surface area contributed by atoms with E-state index in [9.17, 15) is 9.59 Å². The summed E-state index contributed by atoms with van der Waals surface area (Å²) >= 11 is 0.194. The molecule has 8 heteroatoms. The second kappa shape index (κ2) is 10.0. The van der Waals surface area contributed by atoms with Crippen LogP contribution in [0.1, 0.15) is 25.2 Å². The van der Waals surface area contributed by atoms with E-state index in [4.69, 9.17) is 20.2 Å². The fourth-order valence-electron chi connectivity index (χ4n) is 0.852. The summed E-state index contributed by atoms with van der Waals surface area (Å²) in [7, 11) is 9.53. The van der Waals surface area contributed by atoms with Crippen molar-refractivity contribution in [3.63, 3.8) is 0 Å². The van der Waals surface area contributed by atoms with Crippen LogP contribution in [0.3, 0.4) is 0 Å². The first-order valence-electron chi connectivity index (χ1n) is 4.57. The molecular weight excluding hydrogens is 321 g/mol. The monoisotopic (exact) mass is 330 g/mol. The van der Waals surface area contributed by atoms with Crippen molar-refractivity contribution >= 4 is 44.4 Å². The Hall–Kier alpha value is -0.941. The Balaban J connectivity index is 0.000000873. The van der Waals surface area contributed by atoms with E-state index in [2.05, 4.69) is 15.0 Å². The SMILES string of the molecule is CC(=O)N=Cc1ccc(C=NC(C)=O)[n-]1.[Cl][Fe+][Cl]. The zero-order valence-electron chi connectivity index (χ0n) is 9.58. The molecule has 0 saturated carbocycles. The van der Waals surface area contributed by atoms with Crippen molar-refractivity contribution in [3.05, 3.63) is 23.5 Å². The first-order valence-corrected chi connectivity index (χ1v) is 7.61. The molecule has 0 aromatic carbocycles. The van der Waals surface area contributed by atoms with Gasteiger partial charge in [0, 0.05) is 26.3 Å². The van der Waals surface area contributed by atoms with Gasteiger partial charge in [-0.1, -0.05) is 12.1 Å². The van der Waals surface area contributed by atoms with E-state index in [-0.39, 0.29) is 24.9 Å². The van der Waals surface area contributed by atoms with E-state index in [0.717, 1.165) is 0 Å². The summed E-state index contributed by atoms with van der Waals surface area (Å²) in [4.78, 5) is 32.3. The predicted octanol–water partition coefficient (Wildman–Crippen LogP) is 1.95. The summed E-state index contributed by atoms with van der Waals surface area (Å²) < 4.78 is 0. The van der Waals surface area contributed by atoms with Crippen LogP contribution in [0.25, 0.3) is 0 Å². The topological polar surface area (TPSA) is 73.0 Å². The molecule has 2 amide bonds. The average molecular weight is 331 g/mol. The second-order valence-electron chi connectivity index (χ2n) is 2.90. The van der Waals surface area contributed by atoms with Gasteiger partial charge in [-0.25, -0.2) is 9.98 Å². The van der Waals surface area contributed by atoms with E-state index < -0.39 is 0 Å². The molecule has 0 aliphatic rings. The number of carbonyl (C=O) groups excluding carboxylic acids is 2. The predicted molar refractivity (Wildman–Crippen MR) is 68.0 cm³/mol. The molecule has 99 valence electrons. The zero-order valence-corrected chi connectivity index (χ0v) is 12.2. The molecule has 0 unspecified atom stereocenters. The number of hydrogen-bond acceptors (Lipinski definition) is 2. The van der Waals surface area contributed by atoms with Crippen LogP contribution in [0.15, 0.2) is 22.1 Å². The Kier molecular flexibility index (Phi) is 9.50. The van der Waals surface area contributed by atoms with Gasteiger partial charge in [0.15, 0.2) is 0 Å². The van der Waals surface area contributed by atoms with Crippen LogP contribution in [0, 0.1) is 0 Å². The Morgan fingerprint density at radius 3 is 1.72 bits per heavy atom. The molecule has 0 radical (unpaired) electrons. The molecule has 1 rings (SSSR count). The van der Waals surface area contributed by atoms with E-state index in [1.165, 1.54) is 26.3 Å². The maximum absolute atomic E-state index is 10.5. The summed E-state index contributed by atoms with van der Waals surface area (Å²) in [6.07, 6.45) is 2.74. The van der Waals surface area contributed by atoms with Crippen LogP contribution < -0.4 is 4.98 Å². The molecule has 0 aliphatic carbocycles. The average Bonchev–Trinajstić information content (AvgIpc) is 2.72. The van der Waals surface area contributed by atoms with Crippen LogP contribution in [0.4, 0.5) is 0 Å². The number of rotatable bonds is 2. The molecule has 1 aromatic heterocycles. The minimum absolute atomic E-state index is 0.194. The number of amides is 2. The summed E-state index contributed by atoms with van der Waals surface area (Å²) in [6, 6.07) is 3.38. The van der Waals surface area contributed by atoms with Gasteiger partial charge in [0.05, 0.1) is 0 Å². The van der Waals surface area contributed by atoms with Crippen LogP contribution in [-0.4, -0.2) is 24.2 Å². The van der Waals surface area contributed by atoms with Crippen molar-refractivity contribution in [2.24, 2.45) is 9.98 Å². The first kappa shape index (κ1) is 17.1. The van der Waals surface area contributed by atoms with Crippen molar-refractivity contribution < 1.29 is 22.7 Å². The van der Waals surface area contributed by atoms with Gasteiger partial charge in [-0.2, -0.15) is 0 Å². The molecule has 1 aromatic rings. The molecule has 0 spiro atoms. The van der Waals surface area contributed by atoms with E-state index in [0.29, 0.717) is 11.4 Å². The summed E-state index contributed by atoms with van der Waals surface area (Å²) in [5, 5.41) is 0. The molecular formula is C10H10Cl2FeN3O2. The van der Waals surface area contributed by atoms with Crippen molar-refractivity contribution in [3.8, 4) is 0 Å². The van der Waals surface area contributed by atoms with E-state index >= 15 is 0 Å². The number of carbonyl (C=O) groups is 2. The molecule has 0 atom stereocenters. The standard InChI is InChI=1S/C10H11N3O2.2ClH.Fe/c1-7(14)11-5-9-3-4-10(13-9)6-12-8(2)15;;;/h3-6H,1-2H3,(H,11,12,13,14,15);2*1H;/q;;;+3/p-3. The third-order valence-corrected chi connectivity index (χ3v) is 1.44. The Morgan fingerprint density at radius 1 is 1.11 bits per heavy atom. The number of hydrogen-bond donors (Lipinski definition) is 0. The molecule has 18 heavy (non-hydrogen) atoms. The van der Waals surface area contributed by atoms with Gasteiger partial charge < -0.3 is 4.98 Å². The van der Waals surface area contributed by atoms with Crippen molar-refractivity contribution in [2.75, 3.05) is 0 Å².